The van der Waals surface area contributed by atoms with Crippen molar-refractivity contribution in [1.29, 1.82) is 0 Å². The maximum Gasteiger partial charge on any atom is 0.164 e. The minimum absolute atomic E-state index is 0.533. The van der Waals surface area contributed by atoms with Crippen LogP contribution >= 0.6 is 11.3 Å². The van der Waals surface area contributed by atoms with Crippen molar-refractivity contribution in [3.05, 3.63) is 198 Å². The quantitative estimate of drug-likeness (QED) is 0.182. The Morgan fingerprint density at radius 3 is 1.87 bits per heavy atom. The van der Waals surface area contributed by atoms with E-state index in [2.05, 4.69) is 158 Å². The highest BCUT2D eigenvalue weighted by atomic mass is 32.1. The fraction of sp³-hybridized carbons (Fsp3) is 0.0200. The Balaban J connectivity index is 1.09. The molecule has 0 amide bonds. The van der Waals surface area contributed by atoms with Gasteiger partial charge in [-0.3, -0.25) is 0 Å². The number of rotatable bonds is 3. The summed E-state index contributed by atoms with van der Waals surface area (Å²) in [6.45, 7) is 0. The molecule has 2 aromatic heterocycles. The summed E-state index contributed by atoms with van der Waals surface area (Å²) in [4.78, 5) is 15.6. The number of nitrogens with zero attached hydrogens (tertiary/aromatic N) is 3. The number of ether oxygens (including phenoxy) is 1. The molecule has 1 aliphatic carbocycles. The van der Waals surface area contributed by atoms with Crippen LogP contribution < -0.4 is 4.74 Å². The summed E-state index contributed by atoms with van der Waals surface area (Å²) in [5, 5.41) is 4.87. The summed E-state index contributed by atoms with van der Waals surface area (Å²) >= 11 is 1.82. The van der Waals surface area contributed by atoms with Crippen LogP contribution in [0.5, 0.6) is 11.5 Å². The second-order valence-corrected chi connectivity index (χ2v) is 15.3. The maximum atomic E-state index is 6.85. The minimum Gasteiger partial charge on any atom is -0.457 e. The van der Waals surface area contributed by atoms with Crippen LogP contribution in [0.1, 0.15) is 22.3 Å². The van der Waals surface area contributed by atoms with Gasteiger partial charge in [-0.2, -0.15) is 0 Å². The molecule has 3 heterocycles. The third kappa shape index (κ3) is 4.30. The van der Waals surface area contributed by atoms with Crippen LogP contribution in [-0.4, -0.2) is 15.0 Å². The van der Waals surface area contributed by atoms with E-state index in [0.29, 0.717) is 17.5 Å². The largest absolute Gasteiger partial charge is 0.457 e. The number of fused-ring (bicyclic) bond motifs is 14. The van der Waals surface area contributed by atoms with Crippen molar-refractivity contribution in [3.8, 4) is 56.8 Å². The van der Waals surface area contributed by atoms with E-state index in [9.17, 15) is 0 Å². The Morgan fingerprint density at radius 1 is 0.418 bits per heavy atom. The smallest absolute Gasteiger partial charge is 0.164 e. The molecule has 10 aromatic rings. The molecule has 5 heteroatoms. The van der Waals surface area contributed by atoms with E-state index in [4.69, 9.17) is 19.7 Å². The number of para-hydroxylation sites is 1. The second kappa shape index (κ2) is 11.5. The Labute approximate surface area is 321 Å². The monoisotopic (exact) mass is 719 g/mol. The zero-order chi connectivity index (χ0) is 36.1. The third-order valence-electron chi connectivity index (χ3n) is 11.4. The average Bonchev–Trinajstić information content (AvgIpc) is 3.78. The van der Waals surface area contributed by atoms with Crippen molar-refractivity contribution in [1.82, 2.24) is 15.0 Å². The predicted octanol–water partition coefficient (Wildman–Crippen LogP) is 12.9. The molecular formula is C50H29N3OS. The summed E-state index contributed by atoms with van der Waals surface area (Å²) in [7, 11) is 0. The molecular weight excluding hydrogens is 691 g/mol. The number of thiophene rings is 1. The van der Waals surface area contributed by atoms with E-state index >= 15 is 0 Å². The van der Waals surface area contributed by atoms with Gasteiger partial charge in [-0.25, -0.2) is 15.0 Å². The lowest BCUT2D eigenvalue weighted by molar-refractivity contribution is 0.436. The summed E-state index contributed by atoms with van der Waals surface area (Å²) in [5.74, 6) is 3.51. The van der Waals surface area contributed by atoms with Crippen molar-refractivity contribution >= 4 is 42.3 Å². The molecule has 0 fully saturated rings. The van der Waals surface area contributed by atoms with Crippen molar-refractivity contribution in [2.75, 3.05) is 0 Å². The van der Waals surface area contributed by atoms with Gasteiger partial charge in [0.05, 0.1) is 5.41 Å². The number of hydrogen-bond acceptors (Lipinski definition) is 5. The maximum absolute atomic E-state index is 6.85. The molecule has 4 nitrogen and oxygen atoms in total. The fourth-order valence-corrected chi connectivity index (χ4v) is 10.3. The molecule has 0 saturated carbocycles. The van der Waals surface area contributed by atoms with Crippen LogP contribution in [0.25, 0.3) is 76.2 Å². The summed E-state index contributed by atoms with van der Waals surface area (Å²) < 4.78 is 9.32. The normalized spacial score (nSPS) is 13.4. The van der Waals surface area contributed by atoms with Crippen LogP contribution in [0, 0.1) is 0 Å². The van der Waals surface area contributed by atoms with Crippen molar-refractivity contribution < 1.29 is 4.74 Å². The highest BCUT2D eigenvalue weighted by Gasteiger charge is 2.50. The van der Waals surface area contributed by atoms with E-state index in [0.717, 1.165) is 44.7 Å². The molecule has 8 aromatic carbocycles. The van der Waals surface area contributed by atoms with E-state index in [1.165, 1.54) is 47.8 Å². The molecule has 1 spiro atoms. The van der Waals surface area contributed by atoms with E-state index in [1.807, 2.05) is 29.5 Å². The number of aromatic nitrogens is 3. The zero-order valence-corrected chi connectivity index (χ0v) is 30.2. The molecule has 12 rings (SSSR count). The van der Waals surface area contributed by atoms with Crippen LogP contribution in [-0.2, 0) is 5.41 Å². The van der Waals surface area contributed by atoms with Gasteiger partial charge >= 0.3 is 0 Å². The summed E-state index contributed by atoms with van der Waals surface area (Å²) in [5.41, 5.74) is 9.53. The van der Waals surface area contributed by atoms with Crippen LogP contribution in [0.15, 0.2) is 176 Å². The number of benzene rings is 8. The molecule has 0 atom stereocenters. The van der Waals surface area contributed by atoms with E-state index < -0.39 is 5.41 Å². The third-order valence-corrected chi connectivity index (χ3v) is 12.6. The van der Waals surface area contributed by atoms with Gasteiger partial charge in [-0.1, -0.05) is 158 Å². The van der Waals surface area contributed by atoms with Gasteiger partial charge in [0.2, 0.25) is 0 Å². The van der Waals surface area contributed by atoms with E-state index in [-0.39, 0.29) is 0 Å². The first-order chi connectivity index (χ1) is 27.3. The Morgan fingerprint density at radius 2 is 1.05 bits per heavy atom. The second-order valence-electron chi connectivity index (χ2n) is 14.3. The number of hydrogen-bond donors (Lipinski definition) is 0. The summed E-state index contributed by atoms with van der Waals surface area (Å²) in [6, 6.07) is 62.3. The highest BCUT2D eigenvalue weighted by Crippen LogP contribution is 2.62. The van der Waals surface area contributed by atoms with Gasteiger partial charge in [0.1, 0.15) is 11.5 Å². The van der Waals surface area contributed by atoms with Gasteiger partial charge in [0, 0.05) is 48.0 Å². The molecule has 55 heavy (non-hydrogen) atoms. The lowest BCUT2D eigenvalue weighted by Crippen LogP contribution is -2.32. The zero-order valence-electron chi connectivity index (χ0n) is 29.4. The first kappa shape index (κ1) is 30.5. The summed E-state index contributed by atoms with van der Waals surface area (Å²) in [6.07, 6.45) is 0. The standard InChI is InChI=1S/C50H29N3OS/c1-2-14-31(15-3-1)47-51-48(53-49(52-47)37-19-12-24-44-45(37)36-27-25-30-13-4-5-16-33(30)46(36)55-44)32-26-28-41-43(29-32)54-42-23-11-10-22-40(42)50(41)38-20-8-6-17-34(38)35-18-7-9-21-39(35)50/h1-29H. The van der Waals surface area contributed by atoms with Gasteiger partial charge in [-0.05, 0) is 51.2 Å². The van der Waals surface area contributed by atoms with Crippen molar-refractivity contribution in [2.45, 2.75) is 5.41 Å². The van der Waals surface area contributed by atoms with Crippen LogP contribution in [0.3, 0.4) is 0 Å². The fourth-order valence-electron chi connectivity index (χ4n) is 9.08. The van der Waals surface area contributed by atoms with Gasteiger partial charge < -0.3 is 4.74 Å². The molecule has 0 N–H and O–H groups in total. The minimum atomic E-state index is -0.533. The molecule has 256 valence electrons. The van der Waals surface area contributed by atoms with Crippen molar-refractivity contribution in [3.63, 3.8) is 0 Å². The first-order valence-electron chi connectivity index (χ1n) is 18.5. The Bertz CT molecular complexity index is 3160. The Kier molecular flexibility index (Phi) is 6.39. The van der Waals surface area contributed by atoms with Crippen molar-refractivity contribution in [2.24, 2.45) is 0 Å². The average molecular weight is 720 g/mol. The Hall–Kier alpha value is -6.95. The van der Waals surface area contributed by atoms with Gasteiger partial charge in [0.15, 0.2) is 17.5 Å². The first-order valence-corrected chi connectivity index (χ1v) is 19.3. The lowest BCUT2D eigenvalue weighted by atomic mass is 9.66. The van der Waals surface area contributed by atoms with Crippen LogP contribution in [0.4, 0.5) is 0 Å². The van der Waals surface area contributed by atoms with Crippen LogP contribution in [0.2, 0.25) is 0 Å². The molecule has 2 aliphatic rings. The lowest BCUT2D eigenvalue weighted by Gasteiger charge is -2.39. The van der Waals surface area contributed by atoms with E-state index in [1.54, 1.807) is 0 Å². The molecule has 0 saturated heterocycles. The molecule has 0 radical (unpaired) electrons. The topological polar surface area (TPSA) is 47.9 Å². The van der Waals surface area contributed by atoms with Gasteiger partial charge in [-0.15, -0.1) is 11.3 Å². The van der Waals surface area contributed by atoms with Gasteiger partial charge in [0.25, 0.3) is 0 Å². The molecule has 0 bridgehead atoms. The highest BCUT2D eigenvalue weighted by molar-refractivity contribution is 7.26. The molecule has 0 unspecified atom stereocenters. The molecule has 1 aliphatic heterocycles. The SMILES string of the molecule is c1ccc(-c2nc(-c3ccc4c(c3)Oc3ccccc3C43c4ccccc4-c4ccccc43)nc(-c3cccc4sc5c6ccccc6ccc5c34)n2)cc1. The predicted molar refractivity (Wildman–Crippen MR) is 224 cm³/mol.